The first-order valence-corrected chi connectivity index (χ1v) is 11.9. The molecule has 0 spiro atoms. The molecule has 190 valence electrons. The molecule has 0 unspecified atom stereocenters. The Hall–Kier alpha value is -3.63. The highest BCUT2D eigenvalue weighted by atomic mass is 79.9. The predicted octanol–water partition coefficient (Wildman–Crippen LogP) is 6.68. The monoisotopic (exact) mass is 592 g/mol. The molecule has 0 saturated carbocycles. The van der Waals surface area contributed by atoms with Gasteiger partial charge in [-0.05, 0) is 55.0 Å². The second kappa shape index (κ2) is 10.4. The lowest BCUT2D eigenvalue weighted by Gasteiger charge is -2.27. The lowest BCUT2D eigenvalue weighted by atomic mass is 10.1. The molecule has 0 bridgehead atoms. The SMILES string of the molecule is Cc1ccc(COc2ccc(Br)cc2/C=C2/C(=O)NC(=O)N(c3cc(C(F)(F)F)ccc3Cl)C2=O)cc1. The molecule has 1 heterocycles. The van der Waals surface area contributed by atoms with Crippen LogP contribution in [0.3, 0.4) is 0 Å². The van der Waals surface area contributed by atoms with E-state index >= 15 is 0 Å². The molecule has 4 amide bonds. The number of imide groups is 2. The number of rotatable bonds is 5. The van der Waals surface area contributed by atoms with Crippen LogP contribution in [0.2, 0.25) is 5.02 Å². The second-order valence-corrected chi connectivity index (χ2v) is 9.40. The summed E-state index contributed by atoms with van der Waals surface area (Å²) < 4.78 is 46.3. The van der Waals surface area contributed by atoms with Gasteiger partial charge in [0.15, 0.2) is 0 Å². The summed E-state index contributed by atoms with van der Waals surface area (Å²) in [6.45, 7) is 2.15. The number of nitrogens with zero attached hydrogens (tertiary/aromatic N) is 1. The first-order chi connectivity index (χ1) is 17.4. The maximum Gasteiger partial charge on any atom is 0.416 e. The Morgan fingerprint density at radius 2 is 1.73 bits per heavy atom. The van der Waals surface area contributed by atoms with Crippen LogP contribution in [0.4, 0.5) is 23.7 Å². The summed E-state index contributed by atoms with van der Waals surface area (Å²) in [6, 6.07) is 13.6. The zero-order valence-corrected chi connectivity index (χ0v) is 21.4. The van der Waals surface area contributed by atoms with Gasteiger partial charge in [0.25, 0.3) is 11.8 Å². The van der Waals surface area contributed by atoms with E-state index in [1.165, 1.54) is 6.08 Å². The Kier molecular flexibility index (Phi) is 7.42. The van der Waals surface area contributed by atoms with Crippen LogP contribution in [-0.4, -0.2) is 17.8 Å². The molecular weight excluding hydrogens is 577 g/mol. The largest absolute Gasteiger partial charge is 0.488 e. The van der Waals surface area contributed by atoms with Crippen LogP contribution < -0.4 is 15.0 Å². The zero-order valence-electron chi connectivity index (χ0n) is 19.0. The van der Waals surface area contributed by atoms with Crippen molar-refractivity contribution in [3.8, 4) is 5.75 Å². The van der Waals surface area contributed by atoms with Crippen molar-refractivity contribution in [3.63, 3.8) is 0 Å². The number of nitrogens with one attached hydrogen (secondary N) is 1. The summed E-state index contributed by atoms with van der Waals surface area (Å²) in [5.41, 5.74) is 0.168. The Morgan fingerprint density at radius 3 is 2.41 bits per heavy atom. The third-order valence-corrected chi connectivity index (χ3v) is 6.22. The number of amides is 4. The third kappa shape index (κ3) is 5.86. The van der Waals surface area contributed by atoms with E-state index in [0.717, 1.165) is 23.3 Å². The van der Waals surface area contributed by atoms with E-state index < -0.39 is 40.8 Å². The highest BCUT2D eigenvalue weighted by molar-refractivity contribution is 9.10. The zero-order chi connectivity index (χ0) is 26.9. The van der Waals surface area contributed by atoms with Crippen molar-refractivity contribution >= 4 is 57.1 Å². The number of benzene rings is 3. The van der Waals surface area contributed by atoms with Crippen LogP contribution in [0.1, 0.15) is 22.3 Å². The average molecular weight is 594 g/mol. The van der Waals surface area contributed by atoms with E-state index in [2.05, 4.69) is 15.9 Å². The number of barbiturate groups is 1. The van der Waals surface area contributed by atoms with Crippen molar-refractivity contribution in [2.45, 2.75) is 19.7 Å². The van der Waals surface area contributed by atoms with Crippen molar-refractivity contribution < 1.29 is 32.3 Å². The highest BCUT2D eigenvalue weighted by Gasteiger charge is 2.39. The number of aryl methyl sites for hydroxylation is 1. The fraction of sp³-hybridized carbons (Fsp3) is 0.115. The Balaban J connectivity index is 1.71. The number of hydrogen-bond acceptors (Lipinski definition) is 4. The molecule has 4 rings (SSSR count). The summed E-state index contributed by atoms with van der Waals surface area (Å²) in [7, 11) is 0. The van der Waals surface area contributed by atoms with Gasteiger partial charge in [0, 0.05) is 10.0 Å². The van der Waals surface area contributed by atoms with Gasteiger partial charge in [-0.25, -0.2) is 9.69 Å². The number of anilines is 1. The standard InChI is InChI=1S/C26H17BrClF3N2O4/c1-14-2-4-15(5-3-14)13-37-22-9-7-18(27)10-16(22)11-19-23(34)32-25(36)33(24(19)35)21-12-17(26(29,30)31)6-8-20(21)28/h2-12H,13H2,1H3,(H,32,34,36)/b19-11-. The van der Waals surface area contributed by atoms with Gasteiger partial charge in [0.2, 0.25) is 0 Å². The molecule has 1 aliphatic heterocycles. The normalized spacial score (nSPS) is 15.2. The van der Waals surface area contributed by atoms with Crippen LogP contribution in [-0.2, 0) is 22.4 Å². The molecule has 1 N–H and O–H groups in total. The molecule has 3 aromatic rings. The first kappa shape index (κ1) is 26.4. The summed E-state index contributed by atoms with van der Waals surface area (Å²) in [4.78, 5) is 38.8. The highest BCUT2D eigenvalue weighted by Crippen LogP contribution is 2.37. The summed E-state index contributed by atoms with van der Waals surface area (Å²) in [5.74, 6) is -1.82. The van der Waals surface area contributed by atoms with Gasteiger partial charge in [-0.3, -0.25) is 14.9 Å². The second-order valence-electron chi connectivity index (χ2n) is 8.08. The number of ether oxygens (including phenoxy) is 1. The molecule has 0 aliphatic carbocycles. The minimum Gasteiger partial charge on any atom is -0.488 e. The molecule has 37 heavy (non-hydrogen) atoms. The molecule has 0 radical (unpaired) electrons. The lowest BCUT2D eigenvalue weighted by molar-refractivity contribution is -0.137. The Morgan fingerprint density at radius 1 is 1.03 bits per heavy atom. The van der Waals surface area contributed by atoms with Crippen molar-refractivity contribution in [3.05, 3.63) is 98.0 Å². The number of carbonyl (C=O) groups excluding carboxylic acids is 3. The average Bonchev–Trinajstić information content (AvgIpc) is 2.82. The Labute approximate surface area is 222 Å². The quantitative estimate of drug-likeness (QED) is 0.265. The molecule has 0 atom stereocenters. The Bertz CT molecular complexity index is 1440. The van der Waals surface area contributed by atoms with Crippen LogP contribution >= 0.6 is 27.5 Å². The fourth-order valence-electron chi connectivity index (χ4n) is 3.50. The smallest absolute Gasteiger partial charge is 0.416 e. The van der Waals surface area contributed by atoms with Crippen LogP contribution in [0.5, 0.6) is 5.75 Å². The van der Waals surface area contributed by atoms with Crippen LogP contribution in [0.15, 0.2) is 70.7 Å². The van der Waals surface area contributed by atoms with Gasteiger partial charge >= 0.3 is 12.2 Å². The van der Waals surface area contributed by atoms with Gasteiger partial charge in [0.05, 0.1) is 16.3 Å². The van der Waals surface area contributed by atoms with Gasteiger partial charge in [-0.2, -0.15) is 13.2 Å². The summed E-state index contributed by atoms with van der Waals surface area (Å²) >= 11 is 9.37. The predicted molar refractivity (Wildman–Crippen MR) is 135 cm³/mol. The molecule has 1 saturated heterocycles. The topological polar surface area (TPSA) is 75.7 Å². The van der Waals surface area contributed by atoms with Gasteiger partial charge < -0.3 is 4.74 Å². The van der Waals surface area contributed by atoms with Gasteiger partial charge in [-0.1, -0.05) is 57.4 Å². The lowest BCUT2D eigenvalue weighted by Crippen LogP contribution is -2.54. The molecule has 1 aliphatic rings. The number of alkyl halides is 3. The van der Waals surface area contributed by atoms with Crippen molar-refractivity contribution in [2.75, 3.05) is 4.90 Å². The van der Waals surface area contributed by atoms with E-state index in [4.69, 9.17) is 16.3 Å². The number of urea groups is 1. The minimum absolute atomic E-state index is 0.197. The molecule has 1 fully saturated rings. The summed E-state index contributed by atoms with van der Waals surface area (Å²) in [6.07, 6.45) is -3.54. The molecule has 11 heteroatoms. The van der Waals surface area contributed by atoms with Crippen molar-refractivity contribution in [1.29, 1.82) is 0 Å². The van der Waals surface area contributed by atoms with E-state index in [0.29, 0.717) is 26.8 Å². The number of hydrogen-bond donors (Lipinski definition) is 1. The maximum atomic E-state index is 13.3. The number of halogens is 5. The first-order valence-electron chi connectivity index (χ1n) is 10.7. The van der Waals surface area contributed by atoms with E-state index in [1.807, 2.05) is 36.5 Å². The molecule has 6 nitrogen and oxygen atoms in total. The van der Waals surface area contributed by atoms with Crippen LogP contribution in [0, 0.1) is 6.92 Å². The molecule has 3 aromatic carbocycles. The molecular formula is C26H17BrClF3N2O4. The fourth-order valence-corrected chi connectivity index (χ4v) is 4.08. The minimum atomic E-state index is -4.75. The summed E-state index contributed by atoms with van der Waals surface area (Å²) in [5, 5.41) is 1.70. The van der Waals surface area contributed by atoms with Crippen molar-refractivity contribution in [1.82, 2.24) is 5.32 Å². The van der Waals surface area contributed by atoms with Gasteiger partial charge in [-0.15, -0.1) is 0 Å². The maximum absolute atomic E-state index is 13.3. The molecule has 0 aromatic heterocycles. The van der Waals surface area contributed by atoms with Crippen LogP contribution in [0.25, 0.3) is 6.08 Å². The van der Waals surface area contributed by atoms with Crippen molar-refractivity contribution in [2.24, 2.45) is 0 Å². The van der Waals surface area contributed by atoms with E-state index in [-0.39, 0.29) is 11.6 Å². The number of carbonyl (C=O) groups is 3. The third-order valence-electron chi connectivity index (χ3n) is 5.40. The van der Waals surface area contributed by atoms with E-state index in [1.54, 1.807) is 18.2 Å². The van der Waals surface area contributed by atoms with Gasteiger partial charge in [0.1, 0.15) is 17.9 Å². The van der Waals surface area contributed by atoms with E-state index in [9.17, 15) is 27.6 Å².